The van der Waals surface area contributed by atoms with Gasteiger partial charge in [0.2, 0.25) is 0 Å². The highest BCUT2D eigenvalue weighted by atomic mass is 16.5. The molecule has 0 aliphatic carbocycles. The Morgan fingerprint density at radius 2 is 1.88 bits per heavy atom. The minimum Gasteiger partial charge on any atom is -0.478 e. The fourth-order valence-corrected chi connectivity index (χ4v) is 2.15. The Morgan fingerprint density at radius 1 is 1.12 bits per heavy atom. The second-order valence-electron chi connectivity index (χ2n) is 5.01. The molecule has 0 aliphatic rings. The van der Waals surface area contributed by atoms with Crippen LogP contribution >= 0.6 is 0 Å². The molecule has 3 rings (SSSR count). The highest BCUT2D eigenvalue weighted by molar-refractivity contribution is 6.02. The summed E-state index contributed by atoms with van der Waals surface area (Å²) in [6.45, 7) is -0.492. The second kappa shape index (κ2) is 6.83. The zero-order valence-electron chi connectivity index (χ0n) is 12.8. The van der Waals surface area contributed by atoms with Crippen molar-refractivity contribution in [1.82, 2.24) is 4.98 Å². The zero-order valence-corrected chi connectivity index (χ0v) is 12.8. The summed E-state index contributed by atoms with van der Waals surface area (Å²) in [5, 5.41) is 11.3. The van der Waals surface area contributed by atoms with Gasteiger partial charge < -0.3 is 19.6 Å². The number of aromatic nitrogens is 1. The van der Waals surface area contributed by atoms with Gasteiger partial charge in [0.1, 0.15) is 5.52 Å². The van der Waals surface area contributed by atoms with Crippen LogP contribution in [0.3, 0.4) is 0 Å². The number of esters is 1. The lowest BCUT2D eigenvalue weighted by Crippen LogP contribution is -2.21. The van der Waals surface area contributed by atoms with Crippen molar-refractivity contribution in [2.45, 2.75) is 0 Å². The number of carboxylic acid groups (broad SMARTS) is 1. The summed E-state index contributed by atoms with van der Waals surface area (Å²) in [6.07, 6.45) is 1.22. The topological polar surface area (TPSA) is 119 Å². The average Bonchev–Trinajstić information content (AvgIpc) is 3.08. The Labute approximate surface area is 141 Å². The number of amides is 1. The molecule has 1 amide bonds. The van der Waals surface area contributed by atoms with Gasteiger partial charge in [-0.1, -0.05) is 6.07 Å². The highest BCUT2D eigenvalue weighted by Gasteiger charge is 2.15. The van der Waals surface area contributed by atoms with Crippen molar-refractivity contribution in [1.29, 1.82) is 0 Å². The molecule has 3 aromatic rings. The molecule has 0 saturated carbocycles. The summed E-state index contributed by atoms with van der Waals surface area (Å²) in [4.78, 5) is 38.6. The smallest absolute Gasteiger partial charge is 0.340 e. The van der Waals surface area contributed by atoms with Gasteiger partial charge >= 0.3 is 11.9 Å². The monoisotopic (exact) mass is 340 g/mol. The maximum Gasteiger partial charge on any atom is 0.340 e. The van der Waals surface area contributed by atoms with E-state index in [-0.39, 0.29) is 11.1 Å². The lowest BCUT2D eigenvalue weighted by molar-refractivity contribution is -0.119. The van der Waals surface area contributed by atoms with Gasteiger partial charge in [-0.05, 0) is 36.4 Å². The zero-order chi connectivity index (χ0) is 17.8. The molecular weight excluding hydrogens is 328 g/mol. The molecule has 8 nitrogen and oxygen atoms in total. The maximum absolute atomic E-state index is 12.1. The molecule has 8 heteroatoms. The molecule has 2 N–H and O–H groups in total. The number of carbonyl (C=O) groups excluding carboxylic acids is 2. The van der Waals surface area contributed by atoms with Gasteiger partial charge in [-0.2, -0.15) is 0 Å². The third kappa shape index (κ3) is 3.63. The molecule has 0 fully saturated rings. The van der Waals surface area contributed by atoms with E-state index in [0.717, 1.165) is 0 Å². The number of benzene rings is 2. The number of aromatic carboxylic acids is 1. The fourth-order valence-electron chi connectivity index (χ4n) is 2.15. The summed E-state index contributed by atoms with van der Waals surface area (Å²) in [7, 11) is 0. The largest absolute Gasteiger partial charge is 0.478 e. The first kappa shape index (κ1) is 16.2. The molecule has 0 spiro atoms. The summed E-state index contributed by atoms with van der Waals surface area (Å²) >= 11 is 0. The van der Waals surface area contributed by atoms with Crippen molar-refractivity contribution in [3.63, 3.8) is 0 Å². The predicted molar refractivity (Wildman–Crippen MR) is 86.3 cm³/mol. The fraction of sp³-hybridized carbons (Fsp3) is 0.0588. The summed E-state index contributed by atoms with van der Waals surface area (Å²) in [5.74, 6) is -2.31. The Morgan fingerprint density at radius 3 is 2.60 bits per heavy atom. The van der Waals surface area contributed by atoms with Gasteiger partial charge in [-0.3, -0.25) is 4.79 Å². The number of nitrogens with one attached hydrogen (secondary N) is 1. The number of hydrogen-bond acceptors (Lipinski definition) is 6. The van der Waals surface area contributed by atoms with E-state index in [4.69, 9.17) is 14.3 Å². The van der Waals surface area contributed by atoms with Gasteiger partial charge in [0.15, 0.2) is 18.6 Å². The molecule has 0 aliphatic heterocycles. The van der Waals surface area contributed by atoms with Crippen LogP contribution in [0.15, 0.2) is 53.3 Å². The molecule has 25 heavy (non-hydrogen) atoms. The van der Waals surface area contributed by atoms with Crippen LogP contribution in [0.2, 0.25) is 0 Å². The maximum atomic E-state index is 12.1. The molecular formula is C17H12N2O6. The number of carbonyl (C=O) groups is 3. The Balaban J connectivity index is 1.59. The van der Waals surface area contributed by atoms with Crippen LogP contribution in [0.4, 0.5) is 5.69 Å². The average molecular weight is 340 g/mol. The Bertz CT molecular complexity index is 945. The molecule has 0 bridgehead atoms. The quantitative estimate of drug-likeness (QED) is 0.684. The number of anilines is 1. The summed E-state index contributed by atoms with van der Waals surface area (Å²) in [5.41, 5.74) is 1.49. The molecule has 1 aromatic heterocycles. The minimum absolute atomic E-state index is 0.102. The lowest BCUT2D eigenvalue weighted by atomic mass is 10.2. The van der Waals surface area contributed by atoms with E-state index in [1.54, 1.807) is 12.1 Å². The first-order valence-electron chi connectivity index (χ1n) is 7.17. The van der Waals surface area contributed by atoms with E-state index >= 15 is 0 Å². The van der Waals surface area contributed by atoms with E-state index in [2.05, 4.69) is 10.3 Å². The van der Waals surface area contributed by atoms with E-state index in [1.807, 2.05) is 0 Å². The van der Waals surface area contributed by atoms with Gasteiger partial charge in [-0.25, -0.2) is 14.6 Å². The Kier molecular flexibility index (Phi) is 4.42. The van der Waals surface area contributed by atoms with Gasteiger partial charge in [0.05, 0.1) is 11.1 Å². The van der Waals surface area contributed by atoms with Crippen molar-refractivity contribution in [3.8, 4) is 0 Å². The molecule has 0 saturated heterocycles. The third-order valence-corrected chi connectivity index (χ3v) is 3.33. The highest BCUT2D eigenvalue weighted by Crippen LogP contribution is 2.17. The van der Waals surface area contributed by atoms with Crippen molar-refractivity contribution in [2.75, 3.05) is 11.9 Å². The number of rotatable bonds is 5. The molecule has 2 aromatic carbocycles. The molecule has 0 atom stereocenters. The van der Waals surface area contributed by atoms with Crippen molar-refractivity contribution in [2.24, 2.45) is 0 Å². The van der Waals surface area contributed by atoms with Gasteiger partial charge in [-0.15, -0.1) is 0 Å². The van der Waals surface area contributed by atoms with Crippen molar-refractivity contribution < 1.29 is 28.6 Å². The number of carboxylic acids is 1. The number of oxazole rings is 1. The van der Waals surface area contributed by atoms with Crippen LogP contribution in [0, 0.1) is 0 Å². The standard InChI is InChI=1S/C17H12N2O6/c20-14(19-11-6-4-10(5-7-11)16(21)22)8-24-17(23)12-2-1-3-13-15(12)18-9-25-13/h1-7,9H,8H2,(H,19,20)(H,21,22). The number of fused-ring (bicyclic) bond motifs is 1. The number of hydrogen-bond donors (Lipinski definition) is 2. The summed E-state index contributed by atoms with van der Waals surface area (Å²) in [6, 6.07) is 10.4. The third-order valence-electron chi connectivity index (χ3n) is 3.33. The van der Waals surface area contributed by atoms with E-state index in [9.17, 15) is 14.4 Å². The Hall–Kier alpha value is -3.68. The summed E-state index contributed by atoms with van der Waals surface area (Å²) < 4.78 is 10.1. The van der Waals surface area contributed by atoms with Crippen LogP contribution in [0.5, 0.6) is 0 Å². The van der Waals surface area contributed by atoms with Crippen molar-refractivity contribution in [3.05, 3.63) is 60.0 Å². The van der Waals surface area contributed by atoms with Crippen LogP contribution in [0.25, 0.3) is 11.1 Å². The SMILES string of the molecule is O=C(COC(=O)c1cccc2ocnc12)Nc1ccc(C(=O)O)cc1. The van der Waals surface area contributed by atoms with Crippen LogP contribution in [-0.2, 0) is 9.53 Å². The van der Waals surface area contributed by atoms with Crippen LogP contribution in [0.1, 0.15) is 20.7 Å². The first-order valence-corrected chi connectivity index (χ1v) is 7.17. The van der Waals surface area contributed by atoms with E-state index in [0.29, 0.717) is 16.8 Å². The lowest BCUT2D eigenvalue weighted by Gasteiger charge is -2.07. The van der Waals surface area contributed by atoms with Crippen LogP contribution < -0.4 is 5.32 Å². The molecule has 0 radical (unpaired) electrons. The van der Waals surface area contributed by atoms with Gasteiger partial charge in [0.25, 0.3) is 5.91 Å². The number of para-hydroxylation sites is 1. The molecule has 0 unspecified atom stereocenters. The number of nitrogens with zero attached hydrogens (tertiary/aromatic N) is 1. The first-order chi connectivity index (χ1) is 12.0. The normalized spacial score (nSPS) is 10.4. The molecule has 1 heterocycles. The van der Waals surface area contributed by atoms with Gasteiger partial charge in [0, 0.05) is 5.69 Å². The van der Waals surface area contributed by atoms with Crippen LogP contribution in [-0.4, -0.2) is 34.5 Å². The van der Waals surface area contributed by atoms with Crippen molar-refractivity contribution >= 4 is 34.6 Å². The van der Waals surface area contributed by atoms with E-state index in [1.165, 1.54) is 36.7 Å². The minimum atomic E-state index is -1.06. The number of ether oxygens (including phenoxy) is 1. The predicted octanol–water partition coefficient (Wildman–Crippen LogP) is 2.32. The molecule has 126 valence electrons. The van der Waals surface area contributed by atoms with E-state index < -0.39 is 24.5 Å². The second-order valence-corrected chi connectivity index (χ2v) is 5.01.